The molecule has 0 radical (unpaired) electrons. The lowest BCUT2D eigenvalue weighted by atomic mass is 10.0. The molecule has 2 heterocycles. The van der Waals surface area contributed by atoms with Gasteiger partial charge >= 0.3 is 0 Å². The van der Waals surface area contributed by atoms with Gasteiger partial charge in [0.1, 0.15) is 6.04 Å². The van der Waals surface area contributed by atoms with Crippen LogP contribution in [-0.2, 0) is 29.5 Å². The quantitative estimate of drug-likeness (QED) is 0.886. The number of amides is 2. The molecule has 3 rings (SSSR count). The zero-order valence-electron chi connectivity index (χ0n) is 15.7. The first-order chi connectivity index (χ1) is 12.5. The highest BCUT2D eigenvalue weighted by atomic mass is 16.2. The minimum absolute atomic E-state index is 0.0310. The molecule has 1 atom stereocenters. The Morgan fingerprint density at radius 1 is 1.27 bits per heavy atom. The molecule has 1 aliphatic heterocycles. The molecule has 1 aromatic carbocycles. The Morgan fingerprint density at radius 2 is 2.00 bits per heavy atom. The van der Waals surface area contributed by atoms with E-state index in [1.165, 1.54) is 0 Å². The number of benzene rings is 1. The van der Waals surface area contributed by atoms with Crippen LogP contribution in [0, 0.1) is 13.8 Å². The molecular formula is C20H26N4O2. The van der Waals surface area contributed by atoms with E-state index in [0.717, 1.165) is 22.5 Å². The molecule has 0 aliphatic carbocycles. The molecule has 1 saturated heterocycles. The fourth-order valence-corrected chi connectivity index (χ4v) is 3.61. The molecule has 1 aliphatic rings. The van der Waals surface area contributed by atoms with E-state index in [1.807, 2.05) is 55.9 Å². The summed E-state index contributed by atoms with van der Waals surface area (Å²) in [6, 6.07) is 9.41. The topological polar surface area (TPSA) is 67.2 Å². The van der Waals surface area contributed by atoms with Gasteiger partial charge in [0.15, 0.2) is 0 Å². The number of rotatable bonds is 5. The van der Waals surface area contributed by atoms with Crippen molar-refractivity contribution in [3.8, 4) is 0 Å². The van der Waals surface area contributed by atoms with Gasteiger partial charge in [0, 0.05) is 38.7 Å². The van der Waals surface area contributed by atoms with Gasteiger partial charge in [-0.1, -0.05) is 30.3 Å². The Morgan fingerprint density at radius 3 is 2.65 bits per heavy atom. The third-order valence-electron chi connectivity index (χ3n) is 5.17. The van der Waals surface area contributed by atoms with Gasteiger partial charge in [-0.15, -0.1) is 0 Å². The fourth-order valence-electron chi connectivity index (χ4n) is 3.61. The SMILES string of the molecule is Cc1nn(C)c(C)c1CCC(=O)N1CCNC(=O)[C@@H]1Cc1ccccc1. The standard InChI is InChI=1S/C20H26N4O2/c1-14-17(15(2)23(3)22-14)9-10-19(25)24-12-11-21-20(26)18(24)13-16-7-5-4-6-8-16/h4-8,18H,9-13H2,1-3H3,(H,21,26)/t18-/m0/s1. The maximum absolute atomic E-state index is 12.9. The van der Waals surface area contributed by atoms with Crippen molar-refractivity contribution in [2.75, 3.05) is 13.1 Å². The number of piperazine rings is 1. The van der Waals surface area contributed by atoms with Crippen LogP contribution in [0.4, 0.5) is 0 Å². The highest BCUT2D eigenvalue weighted by molar-refractivity contribution is 5.89. The van der Waals surface area contributed by atoms with E-state index in [1.54, 1.807) is 4.90 Å². The van der Waals surface area contributed by atoms with Gasteiger partial charge in [-0.3, -0.25) is 14.3 Å². The van der Waals surface area contributed by atoms with Crippen LogP contribution in [0.3, 0.4) is 0 Å². The summed E-state index contributed by atoms with van der Waals surface area (Å²) in [6.07, 6.45) is 1.59. The van der Waals surface area contributed by atoms with Crippen molar-refractivity contribution >= 4 is 11.8 Å². The molecule has 6 nitrogen and oxygen atoms in total. The number of nitrogens with zero attached hydrogens (tertiary/aromatic N) is 3. The number of carbonyl (C=O) groups is 2. The first kappa shape index (κ1) is 18.2. The van der Waals surface area contributed by atoms with Crippen molar-refractivity contribution in [2.45, 2.75) is 39.2 Å². The lowest BCUT2D eigenvalue weighted by Gasteiger charge is -2.35. The summed E-state index contributed by atoms with van der Waals surface area (Å²) in [5.41, 5.74) is 4.25. The zero-order valence-corrected chi connectivity index (χ0v) is 15.7. The maximum atomic E-state index is 12.9. The van der Waals surface area contributed by atoms with Crippen LogP contribution in [0.5, 0.6) is 0 Å². The fraction of sp³-hybridized carbons (Fsp3) is 0.450. The van der Waals surface area contributed by atoms with Gasteiger partial charge in [0.25, 0.3) is 0 Å². The maximum Gasteiger partial charge on any atom is 0.243 e. The number of aryl methyl sites for hydroxylation is 2. The molecule has 1 N–H and O–H groups in total. The Hall–Kier alpha value is -2.63. The summed E-state index contributed by atoms with van der Waals surface area (Å²) in [5.74, 6) is -0.0365. The van der Waals surface area contributed by atoms with E-state index in [9.17, 15) is 9.59 Å². The number of nitrogens with one attached hydrogen (secondary N) is 1. The van der Waals surface area contributed by atoms with Crippen LogP contribution in [-0.4, -0.2) is 45.6 Å². The molecule has 6 heteroatoms. The van der Waals surface area contributed by atoms with E-state index in [0.29, 0.717) is 32.4 Å². The minimum atomic E-state index is -0.435. The monoisotopic (exact) mass is 354 g/mol. The average molecular weight is 354 g/mol. The molecule has 0 spiro atoms. The third kappa shape index (κ3) is 3.79. The third-order valence-corrected chi connectivity index (χ3v) is 5.17. The number of hydrogen-bond donors (Lipinski definition) is 1. The van der Waals surface area contributed by atoms with Gasteiger partial charge in [0.05, 0.1) is 5.69 Å². The average Bonchev–Trinajstić information content (AvgIpc) is 2.87. The van der Waals surface area contributed by atoms with Gasteiger partial charge in [0.2, 0.25) is 11.8 Å². The molecule has 0 saturated carbocycles. The van der Waals surface area contributed by atoms with Gasteiger partial charge in [-0.05, 0) is 31.4 Å². The van der Waals surface area contributed by atoms with Crippen molar-refractivity contribution < 1.29 is 9.59 Å². The Balaban J connectivity index is 1.70. The second-order valence-electron chi connectivity index (χ2n) is 6.86. The smallest absolute Gasteiger partial charge is 0.243 e. The second-order valence-corrected chi connectivity index (χ2v) is 6.86. The zero-order chi connectivity index (χ0) is 18.7. The predicted octanol–water partition coefficient (Wildman–Crippen LogP) is 1.54. The molecule has 2 amide bonds. The molecule has 1 aromatic heterocycles. The van der Waals surface area contributed by atoms with E-state index in [2.05, 4.69) is 10.4 Å². The summed E-state index contributed by atoms with van der Waals surface area (Å²) < 4.78 is 1.85. The molecule has 0 bridgehead atoms. The van der Waals surface area contributed by atoms with Crippen LogP contribution in [0.15, 0.2) is 30.3 Å². The predicted molar refractivity (Wildman–Crippen MR) is 99.7 cm³/mol. The largest absolute Gasteiger partial charge is 0.353 e. The van der Waals surface area contributed by atoms with Crippen molar-refractivity contribution in [3.63, 3.8) is 0 Å². The van der Waals surface area contributed by atoms with Crippen molar-refractivity contribution in [2.24, 2.45) is 7.05 Å². The van der Waals surface area contributed by atoms with Gasteiger partial charge in [-0.25, -0.2) is 0 Å². The summed E-state index contributed by atoms with van der Waals surface area (Å²) in [6.45, 7) is 5.07. The number of hydrogen-bond acceptors (Lipinski definition) is 3. The molecule has 1 fully saturated rings. The first-order valence-electron chi connectivity index (χ1n) is 9.07. The summed E-state index contributed by atoms with van der Waals surface area (Å²) in [4.78, 5) is 27.0. The van der Waals surface area contributed by atoms with E-state index < -0.39 is 6.04 Å². The lowest BCUT2D eigenvalue weighted by molar-refractivity contribution is -0.143. The van der Waals surface area contributed by atoms with Crippen molar-refractivity contribution in [1.29, 1.82) is 0 Å². The van der Waals surface area contributed by atoms with Crippen LogP contribution >= 0.6 is 0 Å². The van der Waals surface area contributed by atoms with Crippen molar-refractivity contribution in [1.82, 2.24) is 20.0 Å². The minimum Gasteiger partial charge on any atom is -0.353 e. The van der Waals surface area contributed by atoms with E-state index in [-0.39, 0.29) is 11.8 Å². The number of aromatic nitrogens is 2. The van der Waals surface area contributed by atoms with Crippen LogP contribution in [0.2, 0.25) is 0 Å². The summed E-state index contributed by atoms with van der Waals surface area (Å²) in [5, 5.41) is 7.30. The summed E-state index contributed by atoms with van der Waals surface area (Å²) in [7, 11) is 1.92. The molecule has 0 unspecified atom stereocenters. The van der Waals surface area contributed by atoms with Gasteiger partial charge < -0.3 is 10.2 Å². The molecule has 138 valence electrons. The highest BCUT2D eigenvalue weighted by Gasteiger charge is 2.32. The molecular weight excluding hydrogens is 328 g/mol. The normalized spacial score (nSPS) is 17.3. The Labute approximate surface area is 154 Å². The first-order valence-corrected chi connectivity index (χ1v) is 9.07. The van der Waals surface area contributed by atoms with E-state index >= 15 is 0 Å². The van der Waals surface area contributed by atoms with Gasteiger partial charge in [-0.2, -0.15) is 5.10 Å². The highest BCUT2D eigenvalue weighted by Crippen LogP contribution is 2.17. The number of carbonyl (C=O) groups excluding carboxylic acids is 2. The van der Waals surface area contributed by atoms with Crippen LogP contribution < -0.4 is 5.32 Å². The Kier molecular flexibility index (Phi) is 5.40. The summed E-state index contributed by atoms with van der Waals surface area (Å²) >= 11 is 0. The molecule has 26 heavy (non-hydrogen) atoms. The van der Waals surface area contributed by atoms with Crippen LogP contribution in [0.25, 0.3) is 0 Å². The molecule has 2 aromatic rings. The van der Waals surface area contributed by atoms with Crippen LogP contribution in [0.1, 0.15) is 28.9 Å². The Bertz CT molecular complexity index is 798. The van der Waals surface area contributed by atoms with E-state index in [4.69, 9.17) is 0 Å². The lowest BCUT2D eigenvalue weighted by Crippen LogP contribution is -2.58. The second kappa shape index (κ2) is 7.72. The van der Waals surface area contributed by atoms with Crippen molar-refractivity contribution in [3.05, 3.63) is 52.8 Å².